The number of hydrogen-bond donors (Lipinski definition) is 1. The molecule has 6 rings (SSSR count). The van der Waals surface area contributed by atoms with Crippen LogP contribution in [0.1, 0.15) is 28.9 Å². The van der Waals surface area contributed by atoms with E-state index in [0.717, 1.165) is 12.1 Å². The van der Waals surface area contributed by atoms with E-state index >= 15 is 0 Å². The van der Waals surface area contributed by atoms with Gasteiger partial charge in [0, 0.05) is 42.8 Å². The summed E-state index contributed by atoms with van der Waals surface area (Å²) in [6, 6.07) is 13.1. The van der Waals surface area contributed by atoms with Crippen molar-refractivity contribution in [2.24, 2.45) is 0 Å². The van der Waals surface area contributed by atoms with E-state index in [4.69, 9.17) is 0 Å². The second kappa shape index (κ2) is 10.2. The number of carbonyl (C=O) groups is 2. The van der Waals surface area contributed by atoms with Gasteiger partial charge in [-0.25, -0.2) is 13.5 Å². The van der Waals surface area contributed by atoms with E-state index in [1.807, 2.05) is 4.90 Å². The van der Waals surface area contributed by atoms with Gasteiger partial charge in [-0.15, -0.1) is 0 Å². The molecule has 8 nitrogen and oxygen atoms in total. The first-order chi connectivity index (χ1) is 20.1. The predicted octanol–water partition coefficient (Wildman–Crippen LogP) is 4.80. The Morgan fingerprint density at radius 1 is 0.905 bits per heavy atom. The Bertz CT molecular complexity index is 1650. The Labute approximate surface area is 236 Å². The lowest BCUT2D eigenvalue weighted by Crippen LogP contribution is -2.57. The van der Waals surface area contributed by atoms with Gasteiger partial charge in [-0.3, -0.25) is 14.6 Å². The van der Waals surface area contributed by atoms with E-state index in [-0.39, 0.29) is 37.0 Å². The van der Waals surface area contributed by atoms with E-state index in [2.05, 4.69) is 15.4 Å². The quantitative estimate of drug-likeness (QED) is 0.350. The number of pyridine rings is 1. The number of nitrogens with zero attached hydrogens (tertiary/aromatic N) is 5. The average Bonchev–Trinajstić information content (AvgIpc) is 3.56. The molecule has 4 aromatic rings. The van der Waals surface area contributed by atoms with Crippen LogP contribution < -0.4 is 10.2 Å². The van der Waals surface area contributed by atoms with Gasteiger partial charge in [0.1, 0.15) is 17.2 Å². The van der Waals surface area contributed by atoms with Gasteiger partial charge in [0.05, 0.1) is 23.6 Å². The highest BCUT2D eigenvalue weighted by molar-refractivity contribution is 5.96. The molecule has 2 amide bonds. The summed E-state index contributed by atoms with van der Waals surface area (Å²) in [5, 5.41) is 7.22. The summed E-state index contributed by atoms with van der Waals surface area (Å²) < 4.78 is 68.6. The van der Waals surface area contributed by atoms with Gasteiger partial charge in [-0.2, -0.15) is 18.3 Å². The third kappa shape index (κ3) is 4.74. The van der Waals surface area contributed by atoms with Crippen molar-refractivity contribution >= 4 is 17.5 Å². The number of hydrogen-bond acceptors (Lipinski definition) is 5. The largest absolute Gasteiger partial charge is 0.419 e. The summed E-state index contributed by atoms with van der Waals surface area (Å²) in [7, 11) is 0. The molecule has 42 heavy (non-hydrogen) atoms. The summed E-state index contributed by atoms with van der Waals surface area (Å²) in [5.74, 6) is -2.48. The molecule has 1 spiro atoms. The first-order valence-electron chi connectivity index (χ1n) is 13.1. The second-order valence-electron chi connectivity index (χ2n) is 10.1. The number of halogens is 5. The Morgan fingerprint density at radius 3 is 2.21 bits per heavy atom. The van der Waals surface area contributed by atoms with E-state index in [1.165, 1.54) is 35.3 Å². The molecule has 0 bridgehead atoms. The van der Waals surface area contributed by atoms with E-state index in [1.54, 1.807) is 29.2 Å². The van der Waals surface area contributed by atoms with Crippen LogP contribution in [0.2, 0.25) is 0 Å². The van der Waals surface area contributed by atoms with Gasteiger partial charge in [0.25, 0.3) is 5.91 Å². The minimum absolute atomic E-state index is 0.00141. The second-order valence-corrected chi connectivity index (χ2v) is 10.1. The number of nitrogens with one attached hydrogen (secondary N) is 1. The molecular formula is C29H23F5N6O2. The van der Waals surface area contributed by atoms with Crippen LogP contribution in [-0.2, 0) is 11.0 Å². The van der Waals surface area contributed by atoms with Crippen LogP contribution in [0.5, 0.6) is 0 Å². The van der Waals surface area contributed by atoms with Gasteiger partial charge in [0.15, 0.2) is 5.69 Å². The Kier molecular flexibility index (Phi) is 6.66. The maximum absolute atomic E-state index is 14.5. The molecular weight excluding hydrogens is 559 g/mol. The number of carbonyl (C=O) groups excluding carboxylic acids is 2. The molecule has 0 aliphatic carbocycles. The normalized spacial score (nSPS) is 16.6. The van der Waals surface area contributed by atoms with Crippen molar-refractivity contribution in [3.8, 4) is 16.9 Å². The third-order valence-corrected chi connectivity index (χ3v) is 7.76. The topological polar surface area (TPSA) is 83.4 Å². The molecule has 0 saturated carbocycles. The number of alkyl halides is 3. The predicted molar refractivity (Wildman–Crippen MR) is 142 cm³/mol. The molecule has 1 N–H and O–H groups in total. The smallest absolute Gasteiger partial charge is 0.339 e. The summed E-state index contributed by atoms with van der Waals surface area (Å²) in [4.78, 5) is 34.0. The highest BCUT2D eigenvalue weighted by Crippen LogP contribution is 2.37. The fourth-order valence-corrected chi connectivity index (χ4v) is 5.56. The maximum atomic E-state index is 14.5. The molecule has 4 heterocycles. The zero-order chi connectivity index (χ0) is 29.6. The Morgan fingerprint density at radius 2 is 1.57 bits per heavy atom. The first-order valence-corrected chi connectivity index (χ1v) is 13.1. The van der Waals surface area contributed by atoms with Crippen molar-refractivity contribution in [1.82, 2.24) is 25.0 Å². The van der Waals surface area contributed by atoms with E-state index in [9.17, 15) is 31.5 Å². The van der Waals surface area contributed by atoms with Crippen LogP contribution in [0.4, 0.5) is 27.6 Å². The van der Waals surface area contributed by atoms with Gasteiger partial charge in [-0.1, -0.05) is 0 Å². The lowest BCUT2D eigenvalue weighted by atomic mass is 9.85. The number of likely N-dealkylation sites (tertiary alicyclic amines) is 1. The van der Waals surface area contributed by atoms with Crippen molar-refractivity contribution in [3.05, 3.63) is 95.9 Å². The number of aromatic nitrogens is 3. The highest BCUT2D eigenvalue weighted by atomic mass is 19.4. The van der Waals surface area contributed by atoms with E-state index < -0.39 is 34.8 Å². The molecule has 2 fully saturated rings. The molecule has 2 aromatic carbocycles. The van der Waals surface area contributed by atoms with Crippen LogP contribution in [0.3, 0.4) is 0 Å². The molecule has 0 radical (unpaired) electrons. The molecule has 216 valence electrons. The number of piperidine rings is 1. The van der Waals surface area contributed by atoms with Crippen LogP contribution in [0, 0.1) is 11.6 Å². The monoisotopic (exact) mass is 582 g/mol. The minimum Gasteiger partial charge on any atom is -0.339 e. The van der Waals surface area contributed by atoms with Gasteiger partial charge < -0.3 is 15.1 Å². The standard InChI is InChI=1S/C29H23F5N6O2/c30-19-1-3-20(4-2-19)39-17-36-27(42)28(39)9-13-38(14-10-28)26(41)24-16-25(18-7-11-35-12-8-18)40(37-24)21-5-6-22(23(31)15-21)29(32,33)34/h1-8,11-12,15-16H,9-10,13-14,17H2,(H,36,42). The van der Waals surface area contributed by atoms with Crippen molar-refractivity contribution in [2.75, 3.05) is 24.7 Å². The van der Waals surface area contributed by atoms with Crippen molar-refractivity contribution < 1.29 is 31.5 Å². The molecule has 0 atom stereocenters. The summed E-state index contributed by atoms with van der Waals surface area (Å²) >= 11 is 0. The Hall–Kier alpha value is -4.81. The number of rotatable bonds is 4. The number of anilines is 1. The van der Waals surface area contributed by atoms with Crippen molar-refractivity contribution in [3.63, 3.8) is 0 Å². The Balaban J connectivity index is 1.29. The fourth-order valence-electron chi connectivity index (χ4n) is 5.56. The fraction of sp³-hybridized carbons (Fsp3) is 0.241. The van der Waals surface area contributed by atoms with E-state index in [0.29, 0.717) is 35.9 Å². The number of benzene rings is 2. The summed E-state index contributed by atoms with van der Waals surface area (Å²) in [6.07, 6.45) is -1.24. The maximum Gasteiger partial charge on any atom is 0.419 e. The molecule has 0 unspecified atom stereocenters. The first kappa shape index (κ1) is 27.4. The third-order valence-electron chi connectivity index (χ3n) is 7.76. The molecule has 13 heteroatoms. The summed E-state index contributed by atoms with van der Waals surface area (Å²) in [5.41, 5.74) is -0.718. The van der Waals surface area contributed by atoms with Crippen LogP contribution >= 0.6 is 0 Å². The zero-order valence-corrected chi connectivity index (χ0v) is 21.9. The van der Waals surface area contributed by atoms with Crippen LogP contribution in [-0.4, -0.2) is 56.8 Å². The van der Waals surface area contributed by atoms with Crippen molar-refractivity contribution in [1.29, 1.82) is 0 Å². The average molecular weight is 583 g/mol. The van der Waals surface area contributed by atoms with Crippen LogP contribution in [0.15, 0.2) is 73.1 Å². The van der Waals surface area contributed by atoms with Crippen LogP contribution in [0.25, 0.3) is 16.9 Å². The zero-order valence-electron chi connectivity index (χ0n) is 21.9. The van der Waals surface area contributed by atoms with Crippen molar-refractivity contribution in [2.45, 2.75) is 24.6 Å². The van der Waals surface area contributed by atoms with Gasteiger partial charge >= 0.3 is 6.18 Å². The minimum atomic E-state index is -4.87. The SMILES string of the molecule is O=C(c1cc(-c2ccncc2)n(-c2ccc(C(F)(F)F)c(F)c2)n1)N1CCC2(CC1)C(=O)NCN2c1ccc(F)cc1. The molecule has 2 saturated heterocycles. The lowest BCUT2D eigenvalue weighted by Gasteiger charge is -2.43. The highest BCUT2D eigenvalue weighted by Gasteiger charge is 2.51. The molecule has 2 aromatic heterocycles. The summed E-state index contributed by atoms with van der Waals surface area (Å²) in [6.45, 7) is 0.689. The molecule has 2 aliphatic heterocycles. The molecule has 2 aliphatic rings. The lowest BCUT2D eigenvalue weighted by molar-refractivity contribution is -0.140. The van der Waals surface area contributed by atoms with Gasteiger partial charge in [-0.05, 0) is 67.4 Å². The van der Waals surface area contributed by atoms with Gasteiger partial charge in [0.2, 0.25) is 5.91 Å². The number of amides is 2.